The Labute approximate surface area is 137 Å². The van der Waals surface area contributed by atoms with Gasteiger partial charge >= 0.3 is 6.03 Å². The molecule has 0 bridgehead atoms. The Morgan fingerprint density at radius 3 is 2.65 bits per heavy atom. The Morgan fingerprint density at radius 2 is 1.91 bits per heavy atom. The van der Waals surface area contributed by atoms with Gasteiger partial charge in [-0.15, -0.1) is 0 Å². The van der Waals surface area contributed by atoms with Gasteiger partial charge in [0.1, 0.15) is 0 Å². The molecule has 23 heavy (non-hydrogen) atoms. The Balaban J connectivity index is 1.74. The van der Waals surface area contributed by atoms with Crippen LogP contribution < -0.4 is 5.32 Å². The third-order valence-corrected chi connectivity index (χ3v) is 4.81. The number of benzene rings is 2. The molecule has 1 N–H and O–H groups in total. The van der Waals surface area contributed by atoms with E-state index in [-0.39, 0.29) is 12.1 Å². The summed E-state index contributed by atoms with van der Waals surface area (Å²) in [6.07, 6.45) is 3.16. The fourth-order valence-electron chi connectivity index (χ4n) is 3.45. The highest BCUT2D eigenvalue weighted by Crippen LogP contribution is 2.36. The van der Waals surface area contributed by atoms with Crippen molar-refractivity contribution in [3.05, 3.63) is 70.8 Å². The highest BCUT2D eigenvalue weighted by atomic mass is 16.2. The van der Waals surface area contributed by atoms with Crippen LogP contribution in [0.15, 0.2) is 48.5 Å². The standard InChI is InChI=1S/C20H22N2O/c1-14-7-10-18-16(13-14)11-12-22(20(23)21-17-8-9-17)19(18)15-5-3-2-4-6-15/h2-7,10,13,17,19H,8-9,11-12H2,1H3,(H,21,23). The molecule has 0 aromatic heterocycles. The topological polar surface area (TPSA) is 32.3 Å². The molecule has 1 heterocycles. The van der Waals surface area contributed by atoms with Gasteiger partial charge in [0.25, 0.3) is 0 Å². The summed E-state index contributed by atoms with van der Waals surface area (Å²) in [5.41, 5.74) is 5.10. The summed E-state index contributed by atoms with van der Waals surface area (Å²) >= 11 is 0. The second-order valence-corrected chi connectivity index (χ2v) is 6.68. The van der Waals surface area contributed by atoms with E-state index in [2.05, 4.69) is 54.7 Å². The van der Waals surface area contributed by atoms with Crippen LogP contribution in [-0.4, -0.2) is 23.5 Å². The molecule has 2 amide bonds. The number of carbonyl (C=O) groups excluding carboxylic acids is 1. The molecule has 0 radical (unpaired) electrons. The molecule has 1 aliphatic heterocycles. The first-order valence-electron chi connectivity index (χ1n) is 8.44. The minimum atomic E-state index is 0.0132. The molecule has 2 aliphatic rings. The van der Waals surface area contributed by atoms with Crippen LogP contribution in [0.3, 0.4) is 0 Å². The van der Waals surface area contributed by atoms with Crippen LogP contribution in [0.4, 0.5) is 4.79 Å². The van der Waals surface area contributed by atoms with Gasteiger partial charge in [0.2, 0.25) is 0 Å². The fourth-order valence-corrected chi connectivity index (χ4v) is 3.45. The molecule has 1 atom stereocenters. The van der Waals surface area contributed by atoms with Gasteiger partial charge in [-0.1, -0.05) is 54.1 Å². The van der Waals surface area contributed by atoms with E-state index in [1.807, 2.05) is 11.0 Å². The molecule has 1 saturated carbocycles. The Kier molecular flexibility index (Phi) is 3.56. The van der Waals surface area contributed by atoms with Crippen molar-refractivity contribution in [2.75, 3.05) is 6.54 Å². The summed E-state index contributed by atoms with van der Waals surface area (Å²) in [6, 6.07) is 17.5. The summed E-state index contributed by atoms with van der Waals surface area (Å²) in [5, 5.41) is 3.15. The van der Waals surface area contributed by atoms with E-state index in [0.29, 0.717) is 6.04 Å². The molecule has 1 fully saturated rings. The van der Waals surface area contributed by atoms with Crippen LogP contribution >= 0.6 is 0 Å². The Morgan fingerprint density at radius 1 is 1.13 bits per heavy atom. The smallest absolute Gasteiger partial charge is 0.318 e. The molecular formula is C20H22N2O. The lowest BCUT2D eigenvalue weighted by Crippen LogP contribution is -2.46. The number of fused-ring (bicyclic) bond motifs is 1. The molecule has 3 nitrogen and oxygen atoms in total. The van der Waals surface area contributed by atoms with Crippen molar-refractivity contribution in [2.24, 2.45) is 0 Å². The van der Waals surface area contributed by atoms with Gasteiger partial charge in [-0.2, -0.15) is 0 Å². The number of nitrogens with zero attached hydrogens (tertiary/aromatic N) is 1. The third-order valence-electron chi connectivity index (χ3n) is 4.81. The van der Waals surface area contributed by atoms with Crippen molar-refractivity contribution < 1.29 is 4.79 Å². The summed E-state index contributed by atoms with van der Waals surface area (Å²) in [6.45, 7) is 2.90. The molecule has 2 aromatic carbocycles. The number of aryl methyl sites for hydroxylation is 1. The maximum absolute atomic E-state index is 12.7. The monoisotopic (exact) mass is 306 g/mol. The van der Waals surface area contributed by atoms with E-state index in [4.69, 9.17) is 0 Å². The number of urea groups is 1. The van der Waals surface area contributed by atoms with Crippen molar-refractivity contribution in [2.45, 2.75) is 38.3 Å². The van der Waals surface area contributed by atoms with E-state index in [1.54, 1.807) is 0 Å². The first-order valence-corrected chi connectivity index (χ1v) is 8.44. The maximum atomic E-state index is 12.7. The highest BCUT2D eigenvalue weighted by Gasteiger charge is 2.34. The van der Waals surface area contributed by atoms with E-state index < -0.39 is 0 Å². The predicted octanol–water partition coefficient (Wildman–Crippen LogP) is 3.81. The molecular weight excluding hydrogens is 284 g/mol. The zero-order chi connectivity index (χ0) is 15.8. The van der Waals surface area contributed by atoms with E-state index in [0.717, 1.165) is 25.8 Å². The number of nitrogens with one attached hydrogen (secondary N) is 1. The van der Waals surface area contributed by atoms with Gasteiger partial charge < -0.3 is 10.2 Å². The lowest BCUT2D eigenvalue weighted by molar-refractivity contribution is 0.179. The minimum absolute atomic E-state index is 0.0132. The van der Waals surface area contributed by atoms with Crippen molar-refractivity contribution in [3.63, 3.8) is 0 Å². The number of hydrogen-bond acceptors (Lipinski definition) is 1. The van der Waals surface area contributed by atoms with E-state index in [1.165, 1.54) is 22.3 Å². The van der Waals surface area contributed by atoms with Gasteiger partial charge in [0, 0.05) is 12.6 Å². The van der Waals surface area contributed by atoms with Crippen LogP contribution in [0.1, 0.15) is 41.1 Å². The van der Waals surface area contributed by atoms with Crippen molar-refractivity contribution in [1.29, 1.82) is 0 Å². The largest absolute Gasteiger partial charge is 0.335 e. The third kappa shape index (κ3) is 2.83. The first-order chi connectivity index (χ1) is 11.2. The van der Waals surface area contributed by atoms with Gasteiger partial charge in [0.05, 0.1) is 6.04 Å². The second-order valence-electron chi connectivity index (χ2n) is 6.68. The maximum Gasteiger partial charge on any atom is 0.318 e. The summed E-state index contributed by atoms with van der Waals surface area (Å²) < 4.78 is 0. The zero-order valence-corrected chi connectivity index (χ0v) is 13.5. The molecule has 1 unspecified atom stereocenters. The average molecular weight is 306 g/mol. The van der Waals surface area contributed by atoms with Gasteiger partial charge in [0.15, 0.2) is 0 Å². The lowest BCUT2D eigenvalue weighted by Gasteiger charge is -2.38. The zero-order valence-electron chi connectivity index (χ0n) is 13.5. The molecule has 3 heteroatoms. The van der Waals surface area contributed by atoms with Crippen LogP contribution in [0.25, 0.3) is 0 Å². The SMILES string of the molecule is Cc1ccc2c(c1)CCN(C(=O)NC1CC1)C2c1ccccc1. The van der Waals surface area contributed by atoms with Crippen LogP contribution in [0.2, 0.25) is 0 Å². The summed E-state index contributed by atoms with van der Waals surface area (Å²) in [5.74, 6) is 0. The van der Waals surface area contributed by atoms with Crippen LogP contribution in [0.5, 0.6) is 0 Å². The summed E-state index contributed by atoms with van der Waals surface area (Å²) in [7, 11) is 0. The average Bonchev–Trinajstić information content (AvgIpc) is 3.38. The lowest BCUT2D eigenvalue weighted by atomic mass is 9.87. The Hall–Kier alpha value is -2.29. The van der Waals surface area contributed by atoms with Crippen LogP contribution in [-0.2, 0) is 6.42 Å². The van der Waals surface area contributed by atoms with Crippen LogP contribution in [0, 0.1) is 6.92 Å². The highest BCUT2D eigenvalue weighted by molar-refractivity contribution is 5.76. The molecule has 2 aromatic rings. The quantitative estimate of drug-likeness (QED) is 0.899. The van der Waals surface area contributed by atoms with Crippen molar-refractivity contribution >= 4 is 6.03 Å². The van der Waals surface area contributed by atoms with Crippen molar-refractivity contribution in [3.8, 4) is 0 Å². The minimum Gasteiger partial charge on any atom is -0.335 e. The number of carbonyl (C=O) groups is 1. The molecule has 0 spiro atoms. The first kappa shape index (κ1) is 14.3. The van der Waals surface area contributed by atoms with E-state index in [9.17, 15) is 4.79 Å². The van der Waals surface area contributed by atoms with Gasteiger partial charge in [-0.3, -0.25) is 0 Å². The summed E-state index contributed by atoms with van der Waals surface area (Å²) in [4.78, 5) is 14.7. The van der Waals surface area contributed by atoms with Gasteiger partial charge in [-0.05, 0) is 42.9 Å². The van der Waals surface area contributed by atoms with E-state index >= 15 is 0 Å². The number of hydrogen-bond donors (Lipinski definition) is 1. The fraction of sp³-hybridized carbons (Fsp3) is 0.350. The normalized spacial score (nSPS) is 20.0. The second kappa shape index (κ2) is 5.73. The van der Waals surface area contributed by atoms with Crippen molar-refractivity contribution in [1.82, 2.24) is 10.2 Å². The Bertz CT molecular complexity index is 722. The predicted molar refractivity (Wildman–Crippen MR) is 91.4 cm³/mol. The molecule has 1 aliphatic carbocycles. The molecule has 0 saturated heterocycles. The molecule has 118 valence electrons. The number of amides is 2. The number of rotatable bonds is 2. The van der Waals surface area contributed by atoms with Gasteiger partial charge in [-0.25, -0.2) is 4.79 Å². The molecule has 4 rings (SSSR count).